The maximum absolute atomic E-state index is 13.5. The molecule has 2 aromatic heterocycles. The Morgan fingerprint density at radius 2 is 1.95 bits per heavy atom. The van der Waals surface area contributed by atoms with Crippen molar-refractivity contribution in [1.82, 2.24) is 25.2 Å². The van der Waals surface area contributed by atoms with Crippen molar-refractivity contribution in [2.24, 2.45) is 0 Å². The van der Waals surface area contributed by atoms with Crippen molar-refractivity contribution >= 4 is 29.2 Å². The monoisotopic (exact) mass is 553 g/mol. The number of benzene rings is 2. The van der Waals surface area contributed by atoms with Crippen LogP contribution in [-0.4, -0.2) is 49.9 Å². The van der Waals surface area contributed by atoms with Crippen LogP contribution >= 0.6 is 0 Å². The lowest BCUT2D eigenvalue weighted by atomic mass is 9.98. The van der Waals surface area contributed by atoms with Crippen LogP contribution in [0.15, 0.2) is 48.7 Å². The van der Waals surface area contributed by atoms with Crippen molar-refractivity contribution in [1.29, 1.82) is 0 Å². The summed E-state index contributed by atoms with van der Waals surface area (Å²) >= 11 is 0. The lowest BCUT2D eigenvalue weighted by Crippen LogP contribution is -2.31. The highest BCUT2D eigenvalue weighted by atomic mass is 16.5. The maximum Gasteiger partial charge on any atom is 0.335 e. The van der Waals surface area contributed by atoms with E-state index in [2.05, 4.69) is 20.7 Å². The highest BCUT2D eigenvalue weighted by Crippen LogP contribution is 2.35. The highest BCUT2D eigenvalue weighted by molar-refractivity contribution is 5.98. The average molecular weight is 554 g/mol. The van der Waals surface area contributed by atoms with E-state index >= 15 is 0 Å². The molecule has 1 aliphatic carbocycles. The van der Waals surface area contributed by atoms with Gasteiger partial charge in [0.25, 0.3) is 11.8 Å². The zero-order chi connectivity index (χ0) is 28.8. The third-order valence-corrected chi connectivity index (χ3v) is 7.76. The maximum atomic E-state index is 13.5. The van der Waals surface area contributed by atoms with Crippen LogP contribution in [0.1, 0.15) is 84.6 Å². The van der Waals surface area contributed by atoms with Crippen molar-refractivity contribution < 1.29 is 29.0 Å². The summed E-state index contributed by atoms with van der Waals surface area (Å²) in [5.74, 6) is -1.22. The van der Waals surface area contributed by atoms with Gasteiger partial charge in [-0.1, -0.05) is 12.1 Å². The van der Waals surface area contributed by atoms with Gasteiger partial charge in [-0.15, -0.1) is 0 Å². The number of ketones is 1. The van der Waals surface area contributed by atoms with Crippen LogP contribution in [0, 0.1) is 6.92 Å². The SMILES string of the molecule is Cc1c(C(=O)O)ccc2c1CC[C@@H]2NC(=O)c1cc(C(=O)NC(C)c2ccc3c(c2)CC(=O)CO3)nc2ccnn12. The van der Waals surface area contributed by atoms with Crippen LogP contribution in [-0.2, 0) is 17.6 Å². The number of amides is 2. The summed E-state index contributed by atoms with van der Waals surface area (Å²) in [6.07, 6.45) is 3.06. The van der Waals surface area contributed by atoms with Gasteiger partial charge in [0.1, 0.15) is 23.7 Å². The van der Waals surface area contributed by atoms with Crippen LogP contribution in [0.3, 0.4) is 0 Å². The summed E-state index contributed by atoms with van der Waals surface area (Å²) in [6.45, 7) is 3.67. The summed E-state index contributed by atoms with van der Waals surface area (Å²) in [7, 11) is 0. The molecule has 208 valence electrons. The van der Waals surface area contributed by atoms with E-state index in [1.165, 1.54) is 16.8 Å². The van der Waals surface area contributed by atoms with Gasteiger partial charge < -0.3 is 20.5 Å². The van der Waals surface area contributed by atoms with Crippen molar-refractivity contribution in [3.05, 3.63) is 93.4 Å². The Hall–Kier alpha value is -5.06. The van der Waals surface area contributed by atoms with E-state index in [-0.39, 0.29) is 41.8 Å². The predicted molar refractivity (Wildman–Crippen MR) is 146 cm³/mol. The van der Waals surface area contributed by atoms with E-state index in [1.807, 2.05) is 19.1 Å². The number of nitrogens with one attached hydrogen (secondary N) is 2. The third-order valence-electron chi connectivity index (χ3n) is 7.76. The molecule has 0 spiro atoms. The average Bonchev–Trinajstić information content (AvgIpc) is 3.59. The Balaban J connectivity index is 1.23. The fraction of sp³-hybridized carbons (Fsp3) is 0.267. The number of carbonyl (C=O) groups is 4. The molecule has 1 unspecified atom stereocenters. The normalized spacial score (nSPS) is 16.4. The van der Waals surface area contributed by atoms with E-state index in [0.717, 1.165) is 22.3 Å². The molecule has 0 fully saturated rings. The second-order valence-electron chi connectivity index (χ2n) is 10.4. The van der Waals surface area contributed by atoms with Crippen molar-refractivity contribution in [3.63, 3.8) is 0 Å². The smallest absolute Gasteiger partial charge is 0.335 e. The molecular formula is C30H27N5O6. The Morgan fingerprint density at radius 1 is 1.12 bits per heavy atom. The quantitative estimate of drug-likeness (QED) is 0.329. The molecule has 3 heterocycles. The molecule has 2 aliphatic rings. The summed E-state index contributed by atoms with van der Waals surface area (Å²) in [6, 6.07) is 11.1. The number of aromatic nitrogens is 3. The number of rotatable bonds is 6. The van der Waals surface area contributed by atoms with Gasteiger partial charge in [-0.05, 0) is 67.1 Å². The number of hydrogen-bond acceptors (Lipinski definition) is 7. The number of Topliss-reactive ketones (excluding diaryl/α,β-unsaturated/α-hetero) is 1. The minimum absolute atomic E-state index is 0.00306. The number of carbonyl (C=O) groups excluding carboxylic acids is 3. The molecule has 2 aromatic carbocycles. The fourth-order valence-corrected chi connectivity index (χ4v) is 5.61. The third kappa shape index (κ3) is 4.79. The van der Waals surface area contributed by atoms with Gasteiger partial charge in [0.15, 0.2) is 11.4 Å². The number of nitrogens with zero attached hydrogens (tertiary/aromatic N) is 3. The molecule has 2 atom stereocenters. The number of hydrogen-bond donors (Lipinski definition) is 3. The first-order valence-electron chi connectivity index (χ1n) is 13.3. The lowest BCUT2D eigenvalue weighted by molar-refractivity contribution is -0.121. The molecule has 4 aromatic rings. The van der Waals surface area contributed by atoms with Crippen LogP contribution in [0.25, 0.3) is 5.65 Å². The van der Waals surface area contributed by atoms with Gasteiger partial charge in [-0.3, -0.25) is 14.4 Å². The zero-order valence-electron chi connectivity index (χ0n) is 22.4. The lowest BCUT2D eigenvalue weighted by Gasteiger charge is -2.20. The molecule has 0 saturated heterocycles. The molecule has 3 N–H and O–H groups in total. The summed E-state index contributed by atoms with van der Waals surface area (Å²) in [4.78, 5) is 54.5. The number of carboxylic acid groups (broad SMARTS) is 1. The molecule has 11 nitrogen and oxygen atoms in total. The van der Waals surface area contributed by atoms with Gasteiger partial charge >= 0.3 is 5.97 Å². The Labute approximate surface area is 234 Å². The standard InChI is InChI=1S/C30H27N5O6/c1-15-20-6-7-23(22(20)5-4-21(15)30(39)40)34-29(38)25-13-24(33-27-9-10-31-35(25)27)28(37)32-16(2)17-3-8-26-18(11-17)12-19(36)14-41-26/h3-5,8-11,13,16,23H,6-7,12,14H2,1-2H3,(H,32,37)(H,34,38)(H,39,40)/t16?,23-/m0/s1. The first-order chi connectivity index (χ1) is 19.7. The second-order valence-corrected chi connectivity index (χ2v) is 10.4. The molecular weight excluding hydrogens is 526 g/mol. The van der Waals surface area contributed by atoms with Gasteiger partial charge in [0.2, 0.25) is 0 Å². The summed E-state index contributed by atoms with van der Waals surface area (Å²) < 4.78 is 6.84. The number of fused-ring (bicyclic) bond motifs is 3. The molecule has 0 bridgehead atoms. The first kappa shape index (κ1) is 26.2. The molecule has 0 radical (unpaired) electrons. The van der Waals surface area contributed by atoms with E-state index in [1.54, 1.807) is 31.2 Å². The van der Waals surface area contributed by atoms with E-state index in [4.69, 9.17) is 4.74 Å². The number of aromatic carboxylic acids is 1. The van der Waals surface area contributed by atoms with E-state index in [0.29, 0.717) is 29.8 Å². The van der Waals surface area contributed by atoms with Gasteiger partial charge in [0.05, 0.1) is 23.8 Å². The second kappa shape index (κ2) is 10.2. The Bertz CT molecular complexity index is 1760. The number of ether oxygens (including phenoxy) is 1. The molecule has 2 amide bonds. The molecule has 11 heteroatoms. The molecule has 6 rings (SSSR count). The summed E-state index contributed by atoms with van der Waals surface area (Å²) in [5, 5.41) is 19.6. The van der Waals surface area contributed by atoms with Crippen LogP contribution in [0.4, 0.5) is 0 Å². The van der Waals surface area contributed by atoms with Crippen molar-refractivity contribution in [2.45, 2.75) is 45.2 Å². The van der Waals surface area contributed by atoms with Crippen LogP contribution < -0.4 is 15.4 Å². The largest absolute Gasteiger partial charge is 0.486 e. The van der Waals surface area contributed by atoms with Crippen molar-refractivity contribution in [3.8, 4) is 5.75 Å². The van der Waals surface area contributed by atoms with Crippen LogP contribution in [0.2, 0.25) is 0 Å². The molecule has 0 saturated carbocycles. The number of carboxylic acids is 1. The van der Waals surface area contributed by atoms with Crippen LogP contribution in [0.5, 0.6) is 5.75 Å². The first-order valence-corrected chi connectivity index (χ1v) is 13.3. The Morgan fingerprint density at radius 3 is 2.76 bits per heavy atom. The van der Waals surface area contributed by atoms with Crippen molar-refractivity contribution in [2.75, 3.05) is 6.61 Å². The highest BCUT2D eigenvalue weighted by Gasteiger charge is 2.29. The fourth-order valence-electron chi connectivity index (χ4n) is 5.61. The van der Waals surface area contributed by atoms with Gasteiger partial charge in [-0.25, -0.2) is 14.3 Å². The topological polar surface area (TPSA) is 152 Å². The minimum Gasteiger partial charge on any atom is -0.486 e. The summed E-state index contributed by atoms with van der Waals surface area (Å²) in [5.41, 5.74) is 4.90. The molecule has 41 heavy (non-hydrogen) atoms. The van der Waals surface area contributed by atoms with E-state index in [9.17, 15) is 24.3 Å². The predicted octanol–water partition coefficient (Wildman–Crippen LogP) is 3.15. The Kier molecular flexibility index (Phi) is 6.49. The van der Waals surface area contributed by atoms with Gasteiger partial charge in [-0.2, -0.15) is 5.10 Å². The zero-order valence-corrected chi connectivity index (χ0v) is 22.4. The minimum atomic E-state index is -0.980. The van der Waals surface area contributed by atoms with Gasteiger partial charge in [0, 0.05) is 24.1 Å². The van der Waals surface area contributed by atoms with E-state index < -0.39 is 23.8 Å². The molecule has 1 aliphatic heterocycles.